The average molecular weight is 206 g/mol. The molecule has 0 aliphatic rings. The number of hydrogen-bond acceptors (Lipinski definition) is 2. The summed E-state index contributed by atoms with van der Waals surface area (Å²) >= 11 is 0. The summed E-state index contributed by atoms with van der Waals surface area (Å²) in [5, 5.41) is 0. The summed E-state index contributed by atoms with van der Waals surface area (Å²) in [6.45, 7) is 10.3. The molecule has 2 N–H and O–H groups in total. The Morgan fingerprint density at radius 3 is 2.47 bits per heavy atom. The second-order valence-corrected chi connectivity index (χ2v) is 4.37. The van der Waals surface area contributed by atoms with E-state index in [0.29, 0.717) is 12.6 Å². The molecule has 1 aromatic carbocycles. The Morgan fingerprint density at radius 2 is 1.93 bits per heavy atom. The molecule has 0 amide bonds. The van der Waals surface area contributed by atoms with Crippen LogP contribution in [0.2, 0.25) is 0 Å². The molecule has 0 heterocycles. The molecule has 0 fully saturated rings. The van der Waals surface area contributed by atoms with E-state index in [9.17, 15) is 0 Å². The highest BCUT2D eigenvalue weighted by Gasteiger charge is 2.11. The van der Waals surface area contributed by atoms with Crippen molar-refractivity contribution >= 4 is 5.69 Å². The lowest BCUT2D eigenvalue weighted by Crippen LogP contribution is -2.35. The number of anilines is 1. The molecule has 2 nitrogen and oxygen atoms in total. The van der Waals surface area contributed by atoms with E-state index < -0.39 is 0 Å². The van der Waals surface area contributed by atoms with E-state index >= 15 is 0 Å². The molecule has 0 atom stereocenters. The molecule has 0 bridgehead atoms. The van der Waals surface area contributed by atoms with Crippen molar-refractivity contribution in [3.05, 3.63) is 29.3 Å². The molecule has 2 heteroatoms. The van der Waals surface area contributed by atoms with Crippen LogP contribution < -0.4 is 10.6 Å². The first-order chi connectivity index (χ1) is 7.06. The van der Waals surface area contributed by atoms with Crippen LogP contribution >= 0.6 is 0 Å². The van der Waals surface area contributed by atoms with Gasteiger partial charge in [-0.25, -0.2) is 0 Å². The molecule has 0 aliphatic heterocycles. The van der Waals surface area contributed by atoms with Crippen molar-refractivity contribution in [1.82, 2.24) is 0 Å². The minimum atomic E-state index is 0.494. The summed E-state index contributed by atoms with van der Waals surface area (Å²) in [5.74, 6) is 0. The zero-order chi connectivity index (χ0) is 11.4. The summed E-state index contributed by atoms with van der Waals surface area (Å²) in [4.78, 5) is 2.36. The van der Waals surface area contributed by atoms with Gasteiger partial charge in [0.25, 0.3) is 0 Å². The molecule has 0 saturated heterocycles. The van der Waals surface area contributed by atoms with Crippen molar-refractivity contribution in [2.45, 2.75) is 33.7 Å². The van der Waals surface area contributed by atoms with Crippen molar-refractivity contribution in [1.29, 1.82) is 0 Å². The van der Waals surface area contributed by atoms with Gasteiger partial charge >= 0.3 is 0 Å². The van der Waals surface area contributed by atoms with E-state index in [0.717, 1.165) is 6.54 Å². The Balaban J connectivity index is 3.04. The van der Waals surface area contributed by atoms with Gasteiger partial charge in [0.05, 0.1) is 0 Å². The molecule has 84 valence electrons. The van der Waals surface area contributed by atoms with Crippen molar-refractivity contribution in [2.75, 3.05) is 18.0 Å². The van der Waals surface area contributed by atoms with Gasteiger partial charge in [-0.3, -0.25) is 0 Å². The zero-order valence-electron chi connectivity index (χ0n) is 10.2. The van der Waals surface area contributed by atoms with E-state index in [1.54, 1.807) is 0 Å². The first-order valence-corrected chi connectivity index (χ1v) is 5.60. The van der Waals surface area contributed by atoms with Crippen LogP contribution in [-0.2, 0) is 0 Å². The topological polar surface area (TPSA) is 29.3 Å². The van der Waals surface area contributed by atoms with Crippen LogP contribution in [0.15, 0.2) is 18.2 Å². The summed E-state index contributed by atoms with van der Waals surface area (Å²) in [7, 11) is 0. The van der Waals surface area contributed by atoms with Crippen LogP contribution in [0.3, 0.4) is 0 Å². The predicted molar refractivity (Wildman–Crippen MR) is 67.5 cm³/mol. The van der Waals surface area contributed by atoms with Crippen molar-refractivity contribution in [3.63, 3.8) is 0 Å². The second kappa shape index (κ2) is 5.17. The highest BCUT2D eigenvalue weighted by molar-refractivity contribution is 5.55. The summed E-state index contributed by atoms with van der Waals surface area (Å²) < 4.78 is 0. The van der Waals surface area contributed by atoms with Crippen molar-refractivity contribution in [2.24, 2.45) is 5.73 Å². The fraction of sp³-hybridized carbons (Fsp3) is 0.538. The van der Waals surface area contributed by atoms with Gasteiger partial charge in [0, 0.05) is 24.8 Å². The highest BCUT2D eigenvalue weighted by Crippen LogP contribution is 2.22. The number of rotatable bonds is 4. The van der Waals surface area contributed by atoms with E-state index in [4.69, 9.17) is 5.73 Å². The molecule has 0 radical (unpaired) electrons. The molecular weight excluding hydrogens is 184 g/mol. The third-order valence-electron chi connectivity index (χ3n) is 2.67. The fourth-order valence-electron chi connectivity index (χ4n) is 1.82. The van der Waals surface area contributed by atoms with E-state index in [1.807, 2.05) is 0 Å². The standard InChI is InChI=1S/C13H22N2/c1-10(2)15(8-7-14)13-9-11(3)5-6-12(13)4/h5-6,9-10H,7-8,14H2,1-4H3. The number of nitrogens with two attached hydrogens (primary N) is 1. The molecule has 0 saturated carbocycles. The van der Waals surface area contributed by atoms with E-state index in [-0.39, 0.29) is 0 Å². The minimum Gasteiger partial charge on any atom is -0.368 e. The molecule has 0 spiro atoms. The maximum absolute atomic E-state index is 5.65. The van der Waals surface area contributed by atoms with Gasteiger partial charge < -0.3 is 10.6 Å². The van der Waals surface area contributed by atoms with Crippen LogP contribution in [0.1, 0.15) is 25.0 Å². The van der Waals surface area contributed by atoms with Crippen LogP contribution in [-0.4, -0.2) is 19.1 Å². The summed E-state index contributed by atoms with van der Waals surface area (Å²) in [6.07, 6.45) is 0. The molecule has 0 aliphatic carbocycles. The summed E-state index contributed by atoms with van der Waals surface area (Å²) in [6, 6.07) is 7.07. The lowest BCUT2D eigenvalue weighted by Gasteiger charge is -2.30. The minimum absolute atomic E-state index is 0.494. The molecular formula is C13H22N2. The largest absolute Gasteiger partial charge is 0.368 e. The van der Waals surface area contributed by atoms with Crippen LogP contribution in [0, 0.1) is 13.8 Å². The molecule has 15 heavy (non-hydrogen) atoms. The van der Waals surface area contributed by atoms with Gasteiger partial charge in [-0.15, -0.1) is 0 Å². The number of hydrogen-bond donors (Lipinski definition) is 1. The second-order valence-electron chi connectivity index (χ2n) is 4.37. The van der Waals surface area contributed by atoms with E-state index in [1.165, 1.54) is 16.8 Å². The maximum Gasteiger partial charge on any atom is 0.0401 e. The van der Waals surface area contributed by atoms with Crippen molar-refractivity contribution < 1.29 is 0 Å². The van der Waals surface area contributed by atoms with Gasteiger partial charge in [-0.05, 0) is 44.9 Å². The molecule has 1 aromatic rings. The van der Waals surface area contributed by atoms with Crippen LogP contribution in [0.4, 0.5) is 5.69 Å². The molecule has 0 unspecified atom stereocenters. The molecule has 0 aromatic heterocycles. The zero-order valence-corrected chi connectivity index (χ0v) is 10.2. The van der Waals surface area contributed by atoms with Gasteiger partial charge in [0.1, 0.15) is 0 Å². The smallest absolute Gasteiger partial charge is 0.0401 e. The fourth-order valence-corrected chi connectivity index (χ4v) is 1.82. The highest BCUT2D eigenvalue weighted by atomic mass is 15.2. The Bertz CT molecular complexity index is 318. The quantitative estimate of drug-likeness (QED) is 0.820. The Hall–Kier alpha value is -1.02. The van der Waals surface area contributed by atoms with Crippen LogP contribution in [0.5, 0.6) is 0 Å². The number of nitrogens with zero attached hydrogens (tertiary/aromatic N) is 1. The Labute approximate surface area is 93.1 Å². The lowest BCUT2D eigenvalue weighted by molar-refractivity contribution is 0.682. The lowest BCUT2D eigenvalue weighted by atomic mass is 10.1. The summed E-state index contributed by atoms with van der Waals surface area (Å²) in [5.41, 5.74) is 9.59. The van der Waals surface area contributed by atoms with Gasteiger partial charge in [-0.2, -0.15) is 0 Å². The third-order valence-corrected chi connectivity index (χ3v) is 2.67. The van der Waals surface area contributed by atoms with Gasteiger partial charge in [0.2, 0.25) is 0 Å². The van der Waals surface area contributed by atoms with Gasteiger partial charge in [-0.1, -0.05) is 12.1 Å². The maximum atomic E-state index is 5.65. The Kier molecular flexibility index (Phi) is 4.15. The third kappa shape index (κ3) is 2.96. The SMILES string of the molecule is Cc1ccc(C)c(N(CCN)C(C)C)c1. The van der Waals surface area contributed by atoms with Crippen molar-refractivity contribution in [3.8, 4) is 0 Å². The number of benzene rings is 1. The molecule has 1 rings (SSSR count). The number of aryl methyl sites for hydroxylation is 2. The first-order valence-electron chi connectivity index (χ1n) is 5.60. The predicted octanol–water partition coefficient (Wildman–Crippen LogP) is 2.48. The monoisotopic (exact) mass is 206 g/mol. The van der Waals surface area contributed by atoms with Crippen LogP contribution in [0.25, 0.3) is 0 Å². The normalized spacial score (nSPS) is 10.8. The average Bonchev–Trinajstić information content (AvgIpc) is 2.18. The van der Waals surface area contributed by atoms with Gasteiger partial charge in [0.15, 0.2) is 0 Å². The Morgan fingerprint density at radius 1 is 1.27 bits per heavy atom. The van der Waals surface area contributed by atoms with E-state index in [2.05, 4.69) is 50.8 Å². The first kappa shape index (κ1) is 12.1.